The van der Waals surface area contributed by atoms with E-state index >= 15 is 0 Å². The highest BCUT2D eigenvalue weighted by Crippen LogP contribution is 2.27. The summed E-state index contributed by atoms with van der Waals surface area (Å²) in [4.78, 5) is 23.7. The summed E-state index contributed by atoms with van der Waals surface area (Å²) in [6, 6.07) is 9.96. The standard InChI is InChI=1S/C17H16BrClN2O3/c1-10-4-3-5-14(11(10)2)20-17(23)21-16(22)9-24-15-7-6-12(18)8-13(15)19/h3-8H,9H2,1-2H3,(H2,20,21,22,23). The van der Waals surface area contributed by atoms with E-state index in [4.69, 9.17) is 16.3 Å². The van der Waals surface area contributed by atoms with Gasteiger partial charge >= 0.3 is 6.03 Å². The zero-order valence-corrected chi connectivity index (χ0v) is 15.5. The lowest BCUT2D eigenvalue weighted by molar-refractivity contribution is -0.121. The second-order valence-electron chi connectivity index (χ2n) is 5.11. The van der Waals surface area contributed by atoms with Gasteiger partial charge in [0.15, 0.2) is 6.61 Å². The third kappa shape index (κ3) is 4.97. The average Bonchev–Trinajstić information content (AvgIpc) is 2.51. The Morgan fingerprint density at radius 3 is 2.67 bits per heavy atom. The molecule has 2 rings (SSSR count). The minimum atomic E-state index is -0.612. The molecular formula is C17H16BrClN2O3. The molecule has 0 fully saturated rings. The molecule has 2 aromatic carbocycles. The van der Waals surface area contributed by atoms with E-state index in [0.717, 1.165) is 15.6 Å². The molecule has 0 aliphatic heterocycles. The molecular weight excluding hydrogens is 396 g/mol. The van der Waals surface area contributed by atoms with Crippen LogP contribution in [0.2, 0.25) is 5.02 Å². The number of anilines is 1. The van der Waals surface area contributed by atoms with E-state index in [0.29, 0.717) is 16.5 Å². The Labute approximate surface area is 153 Å². The highest BCUT2D eigenvalue weighted by atomic mass is 79.9. The normalized spacial score (nSPS) is 10.2. The largest absolute Gasteiger partial charge is 0.482 e. The SMILES string of the molecule is Cc1cccc(NC(=O)NC(=O)COc2ccc(Br)cc2Cl)c1C. The second kappa shape index (κ2) is 8.17. The number of hydrogen-bond acceptors (Lipinski definition) is 3. The van der Waals surface area contributed by atoms with Crippen molar-refractivity contribution in [2.45, 2.75) is 13.8 Å². The lowest BCUT2D eigenvalue weighted by Crippen LogP contribution is -2.37. The maximum atomic E-state index is 11.9. The molecule has 0 unspecified atom stereocenters. The number of urea groups is 1. The summed E-state index contributed by atoms with van der Waals surface area (Å²) in [7, 11) is 0. The van der Waals surface area contributed by atoms with Crippen LogP contribution < -0.4 is 15.4 Å². The van der Waals surface area contributed by atoms with E-state index in [1.165, 1.54) is 0 Å². The number of amides is 3. The van der Waals surface area contributed by atoms with E-state index < -0.39 is 11.9 Å². The van der Waals surface area contributed by atoms with E-state index in [1.807, 2.05) is 26.0 Å². The molecule has 0 aliphatic carbocycles. The molecule has 24 heavy (non-hydrogen) atoms. The van der Waals surface area contributed by atoms with Gasteiger partial charge in [0, 0.05) is 10.2 Å². The van der Waals surface area contributed by atoms with Gasteiger partial charge in [-0.25, -0.2) is 4.79 Å². The smallest absolute Gasteiger partial charge is 0.325 e. The van der Waals surface area contributed by atoms with Gasteiger partial charge in [0.1, 0.15) is 5.75 Å². The molecule has 0 radical (unpaired) electrons. The topological polar surface area (TPSA) is 67.4 Å². The number of imide groups is 1. The maximum absolute atomic E-state index is 11.9. The predicted molar refractivity (Wildman–Crippen MR) is 97.7 cm³/mol. The van der Waals surface area contributed by atoms with Gasteiger partial charge in [-0.2, -0.15) is 0 Å². The molecule has 3 amide bonds. The van der Waals surface area contributed by atoms with Gasteiger partial charge in [0.2, 0.25) is 0 Å². The third-order valence-corrected chi connectivity index (χ3v) is 4.15. The molecule has 0 spiro atoms. The molecule has 0 atom stereocenters. The van der Waals surface area contributed by atoms with Gasteiger partial charge in [-0.15, -0.1) is 0 Å². The van der Waals surface area contributed by atoms with E-state index in [9.17, 15) is 9.59 Å². The van der Waals surface area contributed by atoms with Gasteiger partial charge in [0.25, 0.3) is 5.91 Å². The molecule has 2 N–H and O–H groups in total. The molecule has 0 aliphatic rings. The number of halogens is 2. The Morgan fingerprint density at radius 2 is 1.96 bits per heavy atom. The summed E-state index contributed by atoms with van der Waals surface area (Å²) in [5.74, 6) is -0.207. The highest BCUT2D eigenvalue weighted by Gasteiger charge is 2.11. The van der Waals surface area contributed by atoms with Crippen LogP contribution in [0, 0.1) is 13.8 Å². The fraction of sp³-hybridized carbons (Fsp3) is 0.176. The van der Waals surface area contributed by atoms with Crippen molar-refractivity contribution in [3.05, 3.63) is 57.0 Å². The first-order chi connectivity index (χ1) is 11.4. The van der Waals surface area contributed by atoms with Crippen LogP contribution in [-0.4, -0.2) is 18.5 Å². The molecule has 7 heteroatoms. The predicted octanol–water partition coefficient (Wildman–Crippen LogP) is 4.45. The van der Waals surface area contributed by atoms with Crippen molar-refractivity contribution in [3.8, 4) is 5.75 Å². The summed E-state index contributed by atoms with van der Waals surface area (Å²) in [6.45, 7) is 3.52. The summed E-state index contributed by atoms with van der Waals surface area (Å²) in [5, 5.41) is 5.22. The lowest BCUT2D eigenvalue weighted by Gasteiger charge is -2.11. The summed E-state index contributed by atoms with van der Waals surface area (Å²) in [5.41, 5.74) is 2.64. The van der Waals surface area contributed by atoms with Crippen molar-refractivity contribution in [3.63, 3.8) is 0 Å². The number of carbonyl (C=O) groups is 2. The first kappa shape index (κ1) is 18.3. The molecule has 0 aromatic heterocycles. The molecule has 0 saturated carbocycles. The number of ether oxygens (including phenoxy) is 1. The first-order valence-corrected chi connectivity index (χ1v) is 8.29. The number of aryl methyl sites for hydroxylation is 1. The Balaban J connectivity index is 1.87. The maximum Gasteiger partial charge on any atom is 0.325 e. The lowest BCUT2D eigenvalue weighted by atomic mass is 10.1. The molecule has 0 saturated heterocycles. The van der Waals surface area contributed by atoms with Crippen LogP contribution >= 0.6 is 27.5 Å². The number of nitrogens with one attached hydrogen (secondary N) is 2. The van der Waals surface area contributed by atoms with Gasteiger partial charge in [0.05, 0.1) is 5.02 Å². The average molecular weight is 412 g/mol. The summed E-state index contributed by atoms with van der Waals surface area (Å²) in [6.07, 6.45) is 0. The fourth-order valence-electron chi connectivity index (χ4n) is 1.94. The second-order valence-corrected chi connectivity index (χ2v) is 6.44. The van der Waals surface area contributed by atoms with Crippen molar-refractivity contribution in [1.82, 2.24) is 5.32 Å². The Kier molecular flexibility index (Phi) is 6.23. The third-order valence-electron chi connectivity index (χ3n) is 3.36. The minimum absolute atomic E-state index is 0.318. The van der Waals surface area contributed by atoms with Crippen LogP contribution in [0.25, 0.3) is 0 Å². The minimum Gasteiger partial charge on any atom is -0.482 e. The highest BCUT2D eigenvalue weighted by molar-refractivity contribution is 9.10. The van der Waals surface area contributed by atoms with Crippen LogP contribution in [0.5, 0.6) is 5.75 Å². The Hall–Kier alpha value is -2.05. The van der Waals surface area contributed by atoms with Crippen molar-refractivity contribution >= 4 is 45.2 Å². The van der Waals surface area contributed by atoms with Gasteiger partial charge in [-0.1, -0.05) is 39.7 Å². The quantitative estimate of drug-likeness (QED) is 0.781. The Morgan fingerprint density at radius 1 is 1.21 bits per heavy atom. The molecule has 0 bridgehead atoms. The first-order valence-electron chi connectivity index (χ1n) is 7.11. The number of benzene rings is 2. The summed E-state index contributed by atoms with van der Waals surface area (Å²) < 4.78 is 6.11. The zero-order valence-electron chi connectivity index (χ0n) is 13.2. The van der Waals surface area contributed by atoms with E-state index in [2.05, 4.69) is 26.6 Å². The monoisotopic (exact) mass is 410 g/mol. The van der Waals surface area contributed by atoms with Crippen LogP contribution in [0.15, 0.2) is 40.9 Å². The molecule has 126 valence electrons. The fourth-order valence-corrected chi connectivity index (χ4v) is 2.67. The van der Waals surface area contributed by atoms with Crippen molar-refractivity contribution in [1.29, 1.82) is 0 Å². The van der Waals surface area contributed by atoms with Crippen molar-refractivity contribution in [2.24, 2.45) is 0 Å². The van der Waals surface area contributed by atoms with Crippen LogP contribution in [0.4, 0.5) is 10.5 Å². The number of carbonyl (C=O) groups excluding carboxylic acids is 2. The van der Waals surface area contributed by atoms with Crippen LogP contribution in [-0.2, 0) is 4.79 Å². The van der Waals surface area contributed by atoms with Crippen LogP contribution in [0.3, 0.4) is 0 Å². The van der Waals surface area contributed by atoms with Crippen molar-refractivity contribution in [2.75, 3.05) is 11.9 Å². The van der Waals surface area contributed by atoms with Gasteiger partial charge in [-0.05, 0) is 49.2 Å². The Bertz CT molecular complexity index is 780. The zero-order chi connectivity index (χ0) is 17.7. The van der Waals surface area contributed by atoms with E-state index in [1.54, 1.807) is 24.3 Å². The molecule has 2 aromatic rings. The summed E-state index contributed by atoms with van der Waals surface area (Å²) >= 11 is 9.27. The van der Waals surface area contributed by atoms with Crippen LogP contribution in [0.1, 0.15) is 11.1 Å². The van der Waals surface area contributed by atoms with Gasteiger partial charge < -0.3 is 10.1 Å². The number of rotatable bonds is 4. The van der Waals surface area contributed by atoms with Crippen molar-refractivity contribution < 1.29 is 14.3 Å². The van der Waals surface area contributed by atoms with Gasteiger partial charge in [-0.3, -0.25) is 10.1 Å². The molecule has 0 heterocycles. The van der Waals surface area contributed by atoms with E-state index in [-0.39, 0.29) is 6.61 Å². The number of hydrogen-bond donors (Lipinski definition) is 2. The molecule has 5 nitrogen and oxygen atoms in total.